The minimum atomic E-state index is 0.0816. The number of fused-ring (bicyclic) bond motifs is 3. The Morgan fingerprint density at radius 3 is 2.92 bits per heavy atom. The van der Waals surface area contributed by atoms with Crippen molar-refractivity contribution < 1.29 is 5.11 Å². The van der Waals surface area contributed by atoms with Crippen LogP contribution in [-0.2, 0) is 7.05 Å². The van der Waals surface area contributed by atoms with E-state index in [-0.39, 0.29) is 11.7 Å². The van der Waals surface area contributed by atoms with Gasteiger partial charge in [0.2, 0.25) is 0 Å². The Bertz CT molecular complexity index is 1120. The van der Waals surface area contributed by atoms with Crippen LogP contribution in [-0.4, -0.2) is 31.1 Å². The smallest absolute Gasteiger partial charge is 0.265 e. The second kappa shape index (κ2) is 6.03. The number of halogens is 1. The van der Waals surface area contributed by atoms with Gasteiger partial charge in [-0.2, -0.15) is 10.1 Å². The highest BCUT2D eigenvalue weighted by Crippen LogP contribution is 2.25. The Balaban J connectivity index is 1.66. The van der Waals surface area contributed by atoms with Crippen molar-refractivity contribution in [3.05, 3.63) is 53.1 Å². The molecule has 4 rings (SSSR count). The summed E-state index contributed by atoms with van der Waals surface area (Å²) in [6.45, 7) is 0. The molecular formula is C17H13ClN6O. The lowest BCUT2D eigenvalue weighted by atomic mass is 10.2. The Morgan fingerprint density at radius 2 is 2.04 bits per heavy atom. The highest BCUT2D eigenvalue weighted by atomic mass is 35.5. The van der Waals surface area contributed by atoms with Crippen LogP contribution in [0.2, 0.25) is 5.02 Å². The number of aryl methyl sites for hydroxylation is 1. The van der Waals surface area contributed by atoms with E-state index < -0.39 is 0 Å². The lowest BCUT2D eigenvalue weighted by molar-refractivity contribution is 0.474. The van der Waals surface area contributed by atoms with Gasteiger partial charge in [-0.05, 0) is 24.3 Å². The number of rotatable bonds is 3. The highest BCUT2D eigenvalue weighted by molar-refractivity contribution is 6.30. The van der Waals surface area contributed by atoms with Gasteiger partial charge in [0.1, 0.15) is 11.3 Å². The summed E-state index contributed by atoms with van der Waals surface area (Å²) < 4.78 is 1.96. The van der Waals surface area contributed by atoms with Gasteiger partial charge in [0, 0.05) is 23.0 Å². The molecule has 7 nitrogen and oxygen atoms in total. The van der Waals surface area contributed by atoms with Gasteiger partial charge >= 0.3 is 0 Å². The molecule has 2 aromatic heterocycles. The van der Waals surface area contributed by atoms with Gasteiger partial charge in [0.15, 0.2) is 5.65 Å². The monoisotopic (exact) mass is 352 g/mol. The first-order chi connectivity index (χ1) is 12.1. The van der Waals surface area contributed by atoms with E-state index in [0.717, 1.165) is 16.4 Å². The number of benzene rings is 2. The molecule has 2 N–H and O–H groups in total. The van der Waals surface area contributed by atoms with Crippen LogP contribution in [0.1, 0.15) is 5.56 Å². The molecule has 0 fully saturated rings. The Kier molecular flexibility index (Phi) is 3.70. The van der Waals surface area contributed by atoms with Gasteiger partial charge < -0.3 is 9.67 Å². The average molecular weight is 353 g/mol. The van der Waals surface area contributed by atoms with E-state index in [1.807, 2.05) is 35.9 Å². The summed E-state index contributed by atoms with van der Waals surface area (Å²) in [7, 11) is 1.93. The van der Waals surface area contributed by atoms with Gasteiger partial charge in [-0.1, -0.05) is 29.8 Å². The van der Waals surface area contributed by atoms with Crippen LogP contribution in [0.4, 0.5) is 5.95 Å². The van der Waals surface area contributed by atoms with Crippen LogP contribution in [0.3, 0.4) is 0 Å². The van der Waals surface area contributed by atoms with Crippen molar-refractivity contribution in [2.75, 3.05) is 5.43 Å². The molecule has 2 aromatic carbocycles. The van der Waals surface area contributed by atoms with E-state index in [0.29, 0.717) is 16.2 Å². The lowest BCUT2D eigenvalue weighted by Gasteiger charge is -2.01. The third-order valence-electron chi connectivity index (χ3n) is 3.86. The van der Waals surface area contributed by atoms with Crippen molar-refractivity contribution in [2.24, 2.45) is 12.1 Å². The van der Waals surface area contributed by atoms with E-state index in [1.54, 1.807) is 12.1 Å². The van der Waals surface area contributed by atoms with E-state index in [2.05, 4.69) is 25.7 Å². The number of nitrogens with one attached hydrogen (secondary N) is 1. The number of anilines is 1. The van der Waals surface area contributed by atoms with Crippen LogP contribution in [0.5, 0.6) is 5.75 Å². The van der Waals surface area contributed by atoms with Gasteiger partial charge in [0.05, 0.1) is 11.7 Å². The average Bonchev–Trinajstić information content (AvgIpc) is 2.91. The third-order valence-corrected chi connectivity index (χ3v) is 4.10. The molecule has 0 saturated heterocycles. The number of hydrazone groups is 1. The van der Waals surface area contributed by atoms with Crippen LogP contribution in [0.15, 0.2) is 47.6 Å². The van der Waals surface area contributed by atoms with Crippen molar-refractivity contribution in [3.8, 4) is 5.75 Å². The number of nitrogens with zero attached hydrogens (tertiary/aromatic N) is 5. The fraction of sp³-hybridized carbons (Fsp3) is 0.0588. The summed E-state index contributed by atoms with van der Waals surface area (Å²) in [6, 6.07) is 12.6. The maximum atomic E-state index is 9.77. The predicted molar refractivity (Wildman–Crippen MR) is 98.1 cm³/mol. The largest absolute Gasteiger partial charge is 0.507 e. The number of hydrogen-bond acceptors (Lipinski definition) is 6. The zero-order valence-corrected chi connectivity index (χ0v) is 13.9. The molecular weight excluding hydrogens is 340 g/mol. The molecule has 0 amide bonds. The van der Waals surface area contributed by atoms with Crippen molar-refractivity contribution >= 4 is 45.8 Å². The SMILES string of the molecule is Cn1c2ccccc2c2nnc(N/N=C\c3cc(Cl)ccc3O)nc21. The Morgan fingerprint density at radius 1 is 1.20 bits per heavy atom. The second-order valence-electron chi connectivity index (χ2n) is 5.46. The molecule has 0 radical (unpaired) electrons. The molecule has 124 valence electrons. The number of para-hydroxylation sites is 1. The quantitative estimate of drug-likeness (QED) is 0.436. The summed E-state index contributed by atoms with van der Waals surface area (Å²) in [5.74, 6) is 0.342. The standard InChI is InChI=1S/C17H13ClN6O/c1-24-13-5-3-2-4-12(13)15-16(24)20-17(23-21-15)22-19-9-10-8-11(18)6-7-14(10)25/h2-9,25H,1H3,(H,20,22,23)/b19-9-. The summed E-state index contributed by atoms with van der Waals surface area (Å²) in [4.78, 5) is 4.46. The predicted octanol–water partition coefficient (Wildman–Crippen LogP) is 3.32. The molecule has 0 aliphatic carbocycles. The van der Waals surface area contributed by atoms with E-state index >= 15 is 0 Å². The first-order valence-corrected chi connectivity index (χ1v) is 7.87. The van der Waals surface area contributed by atoms with Gasteiger partial charge in [-0.3, -0.25) is 0 Å². The molecule has 25 heavy (non-hydrogen) atoms. The molecule has 0 saturated carbocycles. The van der Waals surface area contributed by atoms with Gasteiger partial charge in [-0.25, -0.2) is 5.43 Å². The van der Waals surface area contributed by atoms with Gasteiger partial charge in [-0.15, -0.1) is 10.2 Å². The summed E-state index contributed by atoms with van der Waals surface area (Å²) in [6.07, 6.45) is 1.44. The summed E-state index contributed by atoms with van der Waals surface area (Å²) >= 11 is 5.90. The van der Waals surface area contributed by atoms with E-state index in [4.69, 9.17) is 11.6 Å². The van der Waals surface area contributed by atoms with Crippen LogP contribution in [0, 0.1) is 0 Å². The zero-order valence-electron chi connectivity index (χ0n) is 13.2. The molecule has 0 aliphatic rings. The normalized spacial score (nSPS) is 11.6. The number of phenolic OH excluding ortho intramolecular Hbond substituents is 1. The van der Waals surface area contributed by atoms with Crippen LogP contribution in [0.25, 0.3) is 22.1 Å². The fourth-order valence-electron chi connectivity index (χ4n) is 2.64. The molecule has 2 heterocycles. The molecule has 8 heteroatoms. The minimum Gasteiger partial charge on any atom is -0.507 e. The number of aromatic hydroxyl groups is 1. The minimum absolute atomic E-state index is 0.0816. The molecule has 4 aromatic rings. The summed E-state index contributed by atoms with van der Waals surface area (Å²) in [5.41, 5.74) is 5.68. The number of phenols is 1. The van der Waals surface area contributed by atoms with Crippen molar-refractivity contribution in [1.29, 1.82) is 0 Å². The molecule has 0 spiro atoms. The fourth-order valence-corrected chi connectivity index (χ4v) is 2.82. The molecule has 0 bridgehead atoms. The van der Waals surface area contributed by atoms with E-state index in [1.165, 1.54) is 12.3 Å². The Labute approximate surface area is 147 Å². The van der Waals surface area contributed by atoms with Crippen molar-refractivity contribution in [1.82, 2.24) is 19.7 Å². The second-order valence-corrected chi connectivity index (χ2v) is 5.89. The zero-order chi connectivity index (χ0) is 17.4. The number of hydrogen-bond donors (Lipinski definition) is 2. The lowest BCUT2D eigenvalue weighted by Crippen LogP contribution is -2.00. The third kappa shape index (κ3) is 2.74. The van der Waals surface area contributed by atoms with Crippen molar-refractivity contribution in [2.45, 2.75) is 0 Å². The van der Waals surface area contributed by atoms with Gasteiger partial charge in [0.25, 0.3) is 5.95 Å². The maximum absolute atomic E-state index is 9.77. The highest BCUT2D eigenvalue weighted by Gasteiger charge is 2.11. The number of aromatic nitrogens is 4. The maximum Gasteiger partial charge on any atom is 0.265 e. The van der Waals surface area contributed by atoms with Crippen LogP contribution < -0.4 is 5.43 Å². The molecule has 0 unspecified atom stereocenters. The topological polar surface area (TPSA) is 88.2 Å². The molecule has 0 atom stereocenters. The first-order valence-electron chi connectivity index (χ1n) is 7.49. The van der Waals surface area contributed by atoms with Crippen molar-refractivity contribution in [3.63, 3.8) is 0 Å². The van der Waals surface area contributed by atoms with E-state index in [9.17, 15) is 5.11 Å². The Hall–Kier alpha value is -3.19. The summed E-state index contributed by atoms with van der Waals surface area (Å²) in [5, 5.41) is 23.6. The van der Waals surface area contributed by atoms with Crippen LogP contribution >= 0.6 is 11.6 Å². The molecule has 0 aliphatic heterocycles. The first kappa shape index (κ1) is 15.3.